The Bertz CT molecular complexity index is 2220. The minimum Gasteiger partial charge on any atom is -0.493 e. The molecule has 0 saturated carbocycles. The first kappa shape index (κ1) is 32.7. The van der Waals surface area contributed by atoms with E-state index in [4.69, 9.17) is 14.2 Å². The van der Waals surface area contributed by atoms with Gasteiger partial charge in [-0.05, 0) is 86.9 Å². The molecule has 1 N–H and O–H groups in total. The molecule has 1 fully saturated rings. The van der Waals surface area contributed by atoms with Gasteiger partial charge in [0, 0.05) is 47.5 Å². The van der Waals surface area contributed by atoms with Crippen LogP contribution in [0.5, 0.6) is 23.0 Å². The van der Waals surface area contributed by atoms with Gasteiger partial charge in [0.15, 0.2) is 23.1 Å². The van der Waals surface area contributed by atoms with Crippen LogP contribution in [0.4, 0.5) is 10.1 Å². The van der Waals surface area contributed by atoms with Crippen LogP contribution < -0.4 is 25.1 Å². The lowest BCUT2D eigenvalue weighted by Gasteiger charge is -2.26. The normalized spacial score (nSPS) is 13.3. The highest BCUT2D eigenvalue weighted by molar-refractivity contribution is 6.05. The molecule has 0 unspecified atom stereocenters. The summed E-state index contributed by atoms with van der Waals surface area (Å²) >= 11 is 0. The van der Waals surface area contributed by atoms with Gasteiger partial charge in [-0.2, -0.15) is 0 Å². The van der Waals surface area contributed by atoms with E-state index in [1.807, 2.05) is 6.07 Å². The number of nitrogens with one attached hydrogen (secondary N) is 1. The minimum absolute atomic E-state index is 0.0595. The maximum atomic E-state index is 15.5. The van der Waals surface area contributed by atoms with Gasteiger partial charge in [-0.3, -0.25) is 19.1 Å². The number of pyridine rings is 3. The fourth-order valence-electron chi connectivity index (χ4n) is 6.24. The van der Waals surface area contributed by atoms with Crippen molar-refractivity contribution in [2.45, 2.75) is 25.7 Å². The van der Waals surface area contributed by atoms with Gasteiger partial charge in [-0.15, -0.1) is 0 Å². The van der Waals surface area contributed by atoms with Crippen molar-refractivity contribution in [1.29, 1.82) is 0 Å². The van der Waals surface area contributed by atoms with E-state index in [-0.39, 0.29) is 17.0 Å². The van der Waals surface area contributed by atoms with E-state index in [1.165, 1.54) is 42.0 Å². The molecule has 50 heavy (non-hydrogen) atoms. The Labute approximate surface area is 288 Å². The Morgan fingerprint density at radius 2 is 1.70 bits per heavy atom. The minimum atomic E-state index is -0.710. The van der Waals surface area contributed by atoms with Gasteiger partial charge in [0.2, 0.25) is 0 Å². The van der Waals surface area contributed by atoms with Crippen LogP contribution in [0.25, 0.3) is 27.6 Å². The monoisotopic (exact) mass is 673 g/mol. The largest absolute Gasteiger partial charge is 0.493 e. The van der Waals surface area contributed by atoms with Crippen LogP contribution in [0.15, 0.2) is 102 Å². The predicted molar refractivity (Wildman–Crippen MR) is 190 cm³/mol. The van der Waals surface area contributed by atoms with Crippen molar-refractivity contribution in [3.63, 3.8) is 0 Å². The Balaban J connectivity index is 1.08. The number of para-hydroxylation sites is 1. The first-order chi connectivity index (χ1) is 24.5. The Hall–Kier alpha value is -5.81. The Kier molecular flexibility index (Phi) is 9.65. The molecular formula is C39H36FN5O5. The summed E-state index contributed by atoms with van der Waals surface area (Å²) in [6.07, 6.45) is 7.88. The van der Waals surface area contributed by atoms with Crippen LogP contribution in [0.2, 0.25) is 0 Å². The molecule has 1 aliphatic rings. The first-order valence-corrected chi connectivity index (χ1v) is 16.7. The van der Waals surface area contributed by atoms with Crippen LogP contribution in [-0.2, 0) is 0 Å². The molecule has 3 aromatic heterocycles. The van der Waals surface area contributed by atoms with E-state index in [1.54, 1.807) is 74.1 Å². The second kappa shape index (κ2) is 14.8. The van der Waals surface area contributed by atoms with Crippen LogP contribution in [-0.4, -0.2) is 58.7 Å². The third-order valence-corrected chi connectivity index (χ3v) is 8.74. The molecule has 10 nitrogen and oxygen atoms in total. The van der Waals surface area contributed by atoms with Crippen LogP contribution in [0.3, 0.4) is 0 Å². The van der Waals surface area contributed by atoms with Crippen molar-refractivity contribution < 1.29 is 23.4 Å². The Morgan fingerprint density at radius 1 is 0.860 bits per heavy atom. The van der Waals surface area contributed by atoms with Gasteiger partial charge < -0.3 is 24.4 Å². The molecule has 0 bridgehead atoms. The number of hydrogen-bond acceptors (Lipinski definition) is 8. The molecular weight excluding hydrogens is 637 g/mol. The number of halogens is 1. The van der Waals surface area contributed by atoms with E-state index in [9.17, 15) is 9.59 Å². The molecule has 0 radical (unpaired) electrons. The first-order valence-electron chi connectivity index (χ1n) is 16.7. The van der Waals surface area contributed by atoms with Gasteiger partial charge in [-0.25, -0.2) is 9.37 Å². The third-order valence-electron chi connectivity index (χ3n) is 8.74. The molecule has 0 aliphatic carbocycles. The lowest BCUT2D eigenvalue weighted by molar-refractivity contribution is 0.102. The van der Waals surface area contributed by atoms with Crippen molar-refractivity contribution in [3.05, 3.63) is 119 Å². The summed E-state index contributed by atoms with van der Waals surface area (Å²) in [6.45, 7) is 3.83. The molecule has 0 atom stereocenters. The van der Waals surface area contributed by atoms with E-state index < -0.39 is 17.3 Å². The van der Waals surface area contributed by atoms with E-state index in [0.717, 1.165) is 32.1 Å². The van der Waals surface area contributed by atoms with Crippen molar-refractivity contribution in [3.8, 4) is 28.7 Å². The van der Waals surface area contributed by atoms with Gasteiger partial charge in [-0.1, -0.05) is 24.6 Å². The zero-order valence-electron chi connectivity index (χ0n) is 27.6. The third kappa shape index (κ3) is 6.99. The molecule has 254 valence electrons. The van der Waals surface area contributed by atoms with Crippen molar-refractivity contribution in [2.24, 2.45) is 0 Å². The van der Waals surface area contributed by atoms with Crippen molar-refractivity contribution in [1.82, 2.24) is 19.4 Å². The van der Waals surface area contributed by atoms with Crippen LogP contribution in [0, 0.1) is 5.82 Å². The lowest BCUT2D eigenvalue weighted by atomic mass is 10.1. The van der Waals surface area contributed by atoms with Crippen molar-refractivity contribution in [2.75, 3.05) is 38.7 Å². The SMILES string of the molecule is COc1cc2c(Oc3ccc(NC(=O)c4cc5cccnc5n(-c5ccccc5)c4=O)cc3F)ccnc2cc1OCCCN1CCCCC1. The maximum Gasteiger partial charge on any atom is 0.269 e. The summed E-state index contributed by atoms with van der Waals surface area (Å²) in [5.74, 6) is 0.00560. The number of hydrogen-bond donors (Lipinski definition) is 1. The number of nitrogens with zero attached hydrogens (tertiary/aromatic N) is 4. The maximum absolute atomic E-state index is 15.5. The molecule has 11 heteroatoms. The fraction of sp³-hybridized carbons (Fsp3) is 0.231. The molecule has 6 aromatic rings. The molecule has 1 aliphatic heterocycles. The summed E-state index contributed by atoms with van der Waals surface area (Å²) in [4.78, 5) is 38.3. The van der Waals surface area contributed by atoms with Gasteiger partial charge in [0.1, 0.15) is 17.0 Å². The summed E-state index contributed by atoms with van der Waals surface area (Å²) in [7, 11) is 1.57. The number of likely N-dealkylation sites (tertiary alicyclic amines) is 1. The average molecular weight is 674 g/mol. The number of ether oxygens (including phenoxy) is 3. The number of fused-ring (bicyclic) bond motifs is 2. The number of amides is 1. The number of piperidine rings is 1. The highest BCUT2D eigenvalue weighted by Gasteiger charge is 2.19. The number of rotatable bonds is 11. The summed E-state index contributed by atoms with van der Waals surface area (Å²) in [6, 6.07) is 23.2. The summed E-state index contributed by atoms with van der Waals surface area (Å²) in [5.41, 5.74) is 1.08. The van der Waals surface area contributed by atoms with E-state index >= 15 is 4.39 Å². The number of carbonyl (C=O) groups excluding carboxylic acids is 1. The lowest BCUT2D eigenvalue weighted by Crippen LogP contribution is -2.31. The number of aromatic nitrogens is 3. The predicted octanol–water partition coefficient (Wildman–Crippen LogP) is 7.38. The quantitative estimate of drug-likeness (QED) is 0.142. The smallest absolute Gasteiger partial charge is 0.269 e. The molecule has 3 aromatic carbocycles. The van der Waals surface area contributed by atoms with Crippen LogP contribution in [0.1, 0.15) is 36.0 Å². The fourth-order valence-corrected chi connectivity index (χ4v) is 6.24. The second-order valence-corrected chi connectivity index (χ2v) is 12.1. The molecule has 4 heterocycles. The zero-order valence-corrected chi connectivity index (χ0v) is 27.6. The zero-order chi connectivity index (χ0) is 34.5. The summed E-state index contributed by atoms with van der Waals surface area (Å²) in [5, 5.41) is 3.87. The molecule has 1 amide bonds. The highest BCUT2D eigenvalue weighted by Crippen LogP contribution is 2.38. The Morgan fingerprint density at radius 3 is 2.50 bits per heavy atom. The second-order valence-electron chi connectivity index (χ2n) is 12.1. The van der Waals surface area contributed by atoms with Gasteiger partial charge in [0.05, 0.1) is 24.9 Å². The van der Waals surface area contributed by atoms with Crippen molar-refractivity contribution >= 4 is 33.5 Å². The number of anilines is 1. The number of carbonyl (C=O) groups is 1. The molecule has 1 saturated heterocycles. The number of methoxy groups -OCH3 is 1. The molecule has 7 rings (SSSR count). The van der Waals surface area contributed by atoms with Crippen LogP contribution >= 0.6 is 0 Å². The standard InChI is InChI=1S/C39H36FN5O5/c1-48-35-24-29-32(25-36(35)49-21-9-20-44-18-6-3-7-19-44)41-17-15-33(29)50-34-14-13-27(23-31(34)40)43-38(46)30-22-26-10-8-16-42-37(26)45(39(30)47)28-11-4-2-5-12-28/h2,4-5,8,10-17,22-25H,3,6-7,9,18-21H2,1H3,(H,43,46). The van der Waals surface area contributed by atoms with E-state index in [2.05, 4.69) is 20.2 Å². The summed E-state index contributed by atoms with van der Waals surface area (Å²) < 4.78 is 34.6. The highest BCUT2D eigenvalue weighted by atomic mass is 19.1. The van der Waals surface area contributed by atoms with Gasteiger partial charge >= 0.3 is 0 Å². The molecule has 0 spiro atoms. The van der Waals surface area contributed by atoms with E-state index in [0.29, 0.717) is 51.5 Å². The van der Waals surface area contributed by atoms with Gasteiger partial charge in [0.25, 0.3) is 11.5 Å². The average Bonchev–Trinajstić information content (AvgIpc) is 3.14. The topological polar surface area (TPSA) is 108 Å². The number of benzene rings is 3.